The van der Waals surface area contributed by atoms with Crippen LogP contribution in [-0.4, -0.2) is 23.6 Å². The lowest BCUT2D eigenvalue weighted by Gasteiger charge is -2.30. The molecule has 0 aliphatic carbocycles. The topological polar surface area (TPSA) is 28.2 Å². The molecular formula is C16H27N3. The summed E-state index contributed by atoms with van der Waals surface area (Å²) in [5.41, 5.74) is 1.32. The molecule has 1 N–H and O–H groups in total. The van der Waals surface area contributed by atoms with E-state index in [1.165, 1.54) is 37.1 Å². The highest BCUT2D eigenvalue weighted by molar-refractivity contribution is 5.47. The van der Waals surface area contributed by atoms with Crippen LogP contribution in [0.1, 0.15) is 52.0 Å². The Morgan fingerprint density at radius 3 is 3.00 bits per heavy atom. The Labute approximate surface area is 117 Å². The van der Waals surface area contributed by atoms with Crippen LogP contribution in [0.25, 0.3) is 0 Å². The molecule has 0 amide bonds. The molecule has 0 radical (unpaired) electrons. The third kappa shape index (κ3) is 3.93. The highest BCUT2D eigenvalue weighted by Gasteiger charge is 2.20. The Morgan fingerprint density at radius 2 is 2.21 bits per heavy atom. The second-order valence-electron chi connectivity index (χ2n) is 5.91. The number of nitrogens with zero attached hydrogens (tertiary/aromatic N) is 2. The molecule has 106 valence electrons. The van der Waals surface area contributed by atoms with Gasteiger partial charge in [0.1, 0.15) is 5.82 Å². The Morgan fingerprint density at radius 1 is 1.37 bits per heavy atom. The van der Waals surface area contributed by atoms with Crippen molar-refractivity contribution in [3.05, 3.63) is 23.9 Å². The van der Waals surface area contributed by atoms with E-state index in [4.69, 9.17) is 0 Å². The molecular weight excluding hydrogens is 234 g/mol. The Balaban J connectivity index is 2.17. The average Bonchev–Trinajstić information content (AvgIpc) is 2.61. The van der Waals surface area contributed by atoms with Crippen molar-refractivity contribution in [1.29, 1.82) is 0 Å². The Bertz CT molecular complexity index is 389. The molecule has 1 saturated heterocycles. The molecule has 0 aromatic carbocycles. The van der Waals surface area contributed by atoms with Gasteiger partial charge in [0.05, 0.1) is 0 Å². The normalized spacial score (nSPS) is 20.6. The molecule has 1 aliphatic rings. The first-order chi connectivity index (χ1) is 9.18. The van der Waals surface area contributed by atoms with Crippen LogP contribution in [0.3, 0.4) is 0 Å². The van der Waals surface area contributed by atoms with Crippen LogP contribution in [-0.2, 0) is 6.54 Å². The third-order valence-corrected chi connectivity index (χ3v) is 3.89. The van der Waals surface area contributed by atoms with E-state index in [9.17, 15) is 0 Å². The highest BCUT2D eigenvalue weighted by Crippen LogP contribution is 2.25. The fraction of sp³-hybridized carbons (Fsp3) is 0.688. The Hall–Kier alpha value is -1.09. The number of anilines is 1. The van der Waals surface area contributed by atoms with Gasteiger partial charge in [0.25, 0.3) is 0 Å². The van der Waals surface area contributed by atoms with Crippen molar-refractivity contribution in [2.45, 2.75) is 65.1 Å². The summed E-state index contributed by atoms with van der Waals surface area (Å²) >= 11 is 0. The molecule has 1 unspecified atom stereocenters. The number of rotatable bonds is 4. The molecule has 0 spiro atoms. The van der Waals surface area contributed by atoms with E-state index < -0.39 is 0 Å². The summed E-state index contributed by atoms with van der Waals surface area (Å²) < 4.78 is 0. The quantitative estimate of drug-likeness (QED) is 0.901. The highest BCUT2D eigenvalue weighted by atomic mass is 15.2. The number of hydrogen-bond donors (Lipinski definition) is 1. The summed E-state index contributed by atoms with van der Waals surface area (Å²) in [5.74, 6) is 1.19. The van der Waals surface area contributed by atoms with Crippen LogP contribution in [0.5, 0.6) is 0 Å². The largest absolute Gasteiger partial charge is 0.354 e. The Kier molecular flexibility index (Phi) is 5.20. The first-order valence-electron chi connectivity index (χ1n) is 7.62. The monoisotopic (exact) mass is 261 g/mol. The van der Waals surface area contributed by atoms with Gasteiger partial charge in [0.15, 0.2) is 0 Å². The molecule has 19 heavy (non-hydrogen) atoms. The van der Waals surface area contributed by atoms with E-state index in [0.29, 0.717) is 12.1 Å². The first kappa shape index (κ1) is 14.3. The van der Waals surface area contributed by atoms with Crippen LogP contribution in [0.15, 0.2) is 18.3 Å². The predicted molar refractivity (Wildman–Crippen MR) is 81.5 cm³/mol. The van der Waals surface area contributed by atoms with Gasteiger partial charge in [-0.15, -0.1) is 0 Å². The van der Waals surface area contributed by atoms with Crippen molar-refractivity contribution in [2.24, 2.45) is 0 Å². The fourth-order valence-corrected chi connectivity index (χ4v) is 2.73. The van der Waals surface area contributed by atoms with E-state index in [0.717, 1.165) is 13.1 Å². The minimum atomic E-state index is 0.509. The van der Waals surface area contributed by atoms with Gasteiger partial charge < -0.3 is 10.2 Å². The molecule has 2 rings (SSSR count). The van der Waals surface area contributed by atoms with Gasteiger partial charge in [0, 0.05) is 36.9 Å². The maximum Gasteiger partial charge on any atom is 0.133 e. The van der Waals surface area contributed by atoms with E-state index in [1.807, 2.05) is 12.3 Å². The van der Waals surface area contributed by atoms with Crippen molar-refractivity contribution in [3.63, 3.8) is 0 Å². The van der Waals surface area contributed by atoms with Crippen molar-refractivity contribution >= 4 is 5.82 Å². The molecule has 1 aromatic rings. The average molecular weight is 261 g/mol. The van der Waals surface area contributed by atoms with Crippen molar-refractivity contribution < 1.29 is 0 Å². The van der Waals surface area contributed by atoms with E-state index >= 15 is 0 Å². The summed E-state index contributed by atoms with van der Waals surface area (Å²) in [5, 5.41) is 3.51. The second-order valence-corrected chi connectivity index (χ2v) is 5.91. The molecule has 3 heteroatoms. The number of aromatic nitrogens is 1. The van der Waals surface area contributed by atoms with Crippen LogP contribution in [0.2, 0.25) is 0 Å². The summed E-state index contributed by atoms with van der Waals surface area (Å²) in [6.07, 6.45) is 7.20. The van der Waals surface area contributed by atoms with E-state index in [2.05, 4.69) is 42.0 Å². The zero-order chi connectivity index (χ0) is 13.7. The third-order valence-electron chi connectivity index (χ3n) is 3.89. The predicted octanol–water partition coefficient (Wildman–Crippen LogP) is 3.35. The molecule has 1 atom stereocenters. The molecule has 0 saturated carbocycles. The first-order valence-corrected chi connectivity index (χ1v) is 7.62. The lowest BCUT2D eigenvalue weighted by molar-refractivity contribution is 0.578. The SMILES string of the molecule is CC(C)NCc1cccnc1N1CCCCCC1C. The molecule has 0 bridgehead atoms. The van der Waals surface area contributed by atoms with E-state index in [1.54, 1.807) is 0 Å². The zero-order valence-electron chi connectivity index (χ0n) is 12.5. The molecule has 1 fully saturated rings. The van der Waals surface area contributed by atoms with Crippen LogP contribution in [0, 0.1) is 0 Å². The molecule has 1 aliphatic heterocycles. The van der Waals surface area contributed by atoms with Gasteiger partial charge in [-0.2, -0.15) is 0 Å². The van der Waals surface area contributed by atoms with Crippen molar-refractivity contribution in [3.8, 4) is 0 Å². The zero-order valence-corrected chi connectivity index (χ0v) is 12.5. The summed E-state index contributed by atoms with van der Waals surface area (Å²) in [6, 6.07) is 5.36. The lowest BCUT2D eigenvalue weighted by Crippen LogP contribution is -2.34. The summed E-state index contributed by atoms with van der Waals surface area (Å²) in [7, 11) is 0. The van der Waals surface area contributed by atoms with Gasteiger partial charge in [-0.25, -0.2) is 4.98 Å². The second kappa shape index (κ2) is 6.90. The number of pyridine rings is 1. The fourth-order valence-electron chi connectivity index (χ4n) is 2.73. The maximum absolute atomic E-state index is 4.66. The number of nitrogens with one attached hydrogen (secondary N) is 1. The summed E-state index contributed by atoms with van der Waals surface area (Å²) in [6.45, 7) is 8.76. The standard InChI is InChI=1S/C16H27N3/c1-13(2)18-12-15-9-7-10-17-16(15)19-11-6-4-5-8-14(19)3/h7,9-10,13-14,18H,4-6,8,11-12H2,1-3H3. The van der Waals surface area contributed by atoms with Gasteiger partial charge in [-0.05, 0) is 25.8 Å². The van der Waals surface area contributed by atoms with Gasteiger partial charge in [-0.1, -0.05) is 32.8 Å². The smallest absolute Gasteiger partial charge is 0.133 e. The maximum atomic E-state index is 4.66. The summed E-state index contributed by atoms with van der Waals surface area (Å²) in [4.78, 5) is 7.16. The van der Waals surface area contributed by atoms with Gasteiger partial charge in [-0.3, -0.25) is 0 Å². The van der Waals surface area contributed by atoms with Crippen molar-refractivity contribution in [1.82, 2.24) is 10.3 Å². The van der Waals surface area contributed by atoms with Gasteiger partial charge in [0.2, 0.25) is 0 Å². The van der Waals surface area contributed by atoms with Crippen LogP contribution < -0.4 is 10.2 Å². The minimum Gasteiger partial charge on any atom is -0.354 e. The molecule has 3 nitrogen and oxygen atoms in total. The number of hydrogen-bond acceptors (Lipinski definition) is 3. The van der Waals surface area contributed by atoms with Crippen molar-refractivity contribution in [2.75, 3.05) is 11.4 Å². The van der Waals surface area contributed by atoms with Crippen LogP contribution in [0.4, 0.5) is 5.82 Å². The van der Waals surface area contributed by atoms with Gasteiger partial charge >= 0.3 is 0 Å². The van der Waals surface area contributed by atoms with Crippen LogP contribution >= 0.6 is 0 Å². The van der Waals surface area contributed by atoms with E-state index in [-0.39, 0.29) is 0 Å². The lowest BCUT2D eigenvalue weighted by atomic mass is 10.1. The minimum absolute atomic E-state index is 0.509. The molecule has 2 heterocycles. The molecule has 1 aromatic heterocycles.